The number of rotatable bonds is 5. The molecule has 2 amide bonds. The number of carbonyl (C=O) groups excluding carboxylic acids is 2. The minimum Gasteiger partial charge on any atom is -0.322 e. The van der Waals surface area contributed by atoms with Crippen LogP contribution >= 0.6 is 11.6 Å². The van der Waals surface area contributed by atoms with Gasteiger partial charge in [-0.1, -0.05) is 35.9 Å². The summed E-state index contributed by atoms with van der Waals surface area (Å²) < 4.78 is 28.2. The molecule has 172 valence electrons. The number of hydrogen-bond acceptors (Lipinski definition) is 3. The van der Waals surface area contributed by atoms with Gasteiger partial charge in [0.2, 0.25) is 11.8 Å². The van der Waals surface area contributed by atoms with Crippen molar-refractivity contribution >= 4 is 34.9 Å². The third-order valence-corrected chi connectivity index (χ3v) is 6.11. The molecule has 2 N–H and O–H groups in total. The second-order valence-corrected chi connectivity index (χ2v) is 8.58. The summed E-state index contributed by atoms with van der Waals surface area (Å²) in [6.07, 6.45) is -0.183. The molecule has 0 aliphatic heterocycles. The lowest BCUT2D eigenvalue weighted by Crippen LogP contribution is -2.32. The number of nitrogens with one attached hydrogen (secondary N) is 2. The third-order valence-electron chi connectivity index (χ3n) is 5.78. The lowest BCUT2D eigenvalue weighted by Gasteiger charge is -2.27. The van der Waals surface area contributed by atoms with E-state index in [-0.39, 0.29) is 37.5 Å². The lowest BCUT2D eigenvalue weighted by molar-refractivity contribution is -0.124. The SMILES string of the molecule is Cn1nc(-c2ccc(NC(=O)c3ccccc3Cl)cc2)cc1NC(=O)C1CCC(F)(F)CC1. The van der Waals surface area contributed by atoms with E-state index in [2.05, 4.69) is 15.7 Å². The van der Waals surface area contributed by atoms with E-state index in [1.807, 2.05) is 0 Å². The Labute approximate surface area is 194 Å². The van der Waals surface area contributed by atoms with Crippen LogP contribution in [0.25, 0.3) is 11.3 Å². The maximum Gasteiger partial charge on any atom is 0.257 e. The van der Waals surface area contributed by atoms with Gasteiger partial charge in [-0.25, -0.2) is 8.78 Å². The molecule has 1 aromatic heterocycles. The van der Waals surface area contributed by atoms with Crippen LogP contribution in [0, 0.1) is 5.92 Å². The van der Waals surface area contributed by atoms with Gasteiger partial charge >= 0.3 is 0 Å². The van der Waals surface area contributed by atoms with Crippen molar-refractivity contribution in [1.29, 1.82) is 0 Å². The van der Waals surface area contributed by atoms with Crippen molar-refractivity contribution < 1.29 is 18.4 Å². The monoisotopic (exact) mass is 472 g/mol. The van der Waals surface area contributed by atoms with Gasteiger partial charge in [-0.3, -0.25) is 14.3 Å². The van der Waals surface area contributed by atoms with Gasteiger partial charge in [0.15, 0.2) is 0 Å². The molecule has 0 unspecified atom stereocenters. The molecule has 0 atom stereocenters. The Bertz CT molecular complexity index is 1170. The third kappa shape index (κ3) is 5.39. The summed E-state index contributed by atoms with van der Waals surface area (Å²) >= 11 is 6.07. The van der Waals surface area contributed by atoms with Crippen LogP contribution in [0.15, 0.2) is 54.6 Å². The first-order valence-electron chi connectivity index (χ1n) is 10.6. The van der Waals surface area contributed by atoms with Crippen LogP contribution in [0.4, 0.5) is 20.3 Å². The summed E-state index contributed by atoms with van der Waals surface area (Å²) in [5, 5.41) is 10.4. The van der Waals surface area contributed by atoms with E-state index in [0.717, 1.165) is 5.56 Å². The Morgan fingerprint density at radius 1 is 1.06 bits per heavy atom. The van der Waals surface area contributed by atoms with Crippen LogP contribution in [0.2, 0.25) is 5.02 Å². The average Bonchev–Trinajstić information content (AvgIpc) is 3.14. The summed E-state index contributed by atoms with van der Waals surface area (Å²) in [5.74, 6) is -3.18. The van der Waals surface area contributed by atoms with Crippen molar-refractivity contribution in [1.82, 2.24) is 9.78 Å². The quantitative estimate of drug-likeness (QED) is 0.496. The molecule has 33 heavy (non-hydrogen) atoms. The number of alkyl halides is 2. The molecule has 1 heterocycles. The van der Waals surface area contributed by atoms with Crippen molar-refractivity contribution in [2.45, 2.75) is 31.6 Å². The Morgan fingerprint density at radius 2 is 1.73 bits per heavy atom. The van der Waals surface area contributed by atoms with E-state index in [4.69, 9.17) is 11.6 Å². The van der Waals surface area contributed by atoms with Crippen molar-refractivity contribution in [3.8, 4) is 11.3 Å². The molecule has 1 fully saturated rings. The molecule has 6 nitrogen and oxygen atoms in total. The van der Waals surface area contributed by atoms with Crippen molar-refractivity contribution in [3.05, 3.63) is 65.2 Å². The van der Waals surface area contributed by atoms with Gasteiger partial charge in [0, 0.05) is 43.1 Å². The van der Waals surface area contributed by atoms with E-state index in [1.165, 1.54) is 4.68 Å². The van der Waals surface area contributed by atoms with E-state index in [9.17, 15) is 18.4 Å². The zero-order valence-electron chi connectivity index (χ0n) is 17.9. The topological polar surface area (TPSA) is 76.0 Å². The minimum absolute atomic E-state index is 0.172. The Balaban J connectivity index is 1.41. The lowest BCUT2D eigenvalue weighted by atomic mass is 9.86. The Kier molecular flexibility index (Phi) is 6.47. The number of nitrogens with zero attached hydrogens (tertiary/aromatic N) is 2. The van der Waals surface area contributed by atoms with Crippen molar-refractivity contribution in [2.24, 2.45) is 13.0 Å². The fraction of sp³-hybridized carbons (Fsp3) is 0.292. The van der Waals surface area contributed by atoms with Gasteiger partial charge in [0.1, 0.15) is 5.82 Å². The van der Waals surface area contributed by atoms with E-state index in [1.54, 1.807) is 61.6 Å². The number of aromatic nitrogens is 2. The average molecular weight is 473 g/mol. The van der Waals surface area contributed by atoms with E-state index >= 15 is 0 Å². The molecule has 0 bridgehead atoms. The Morgan fingerprint density at radius 3 is 2.39 bits per heavy atom. The summed E-state index contributed by atoms with van der Waals surface area (Å²) in [7, 11) is 1.70. The van der Waals surface area contributed by atoms with Gasteiger partial charge in [-0.05, 0) is 37.1 Å². The molecule has 4 rings (SSSR count). The molecule has 2 aromatic carbocycles. The standard InChI is InChI=1S/C24H23ClF2N4O2/c1-31-21(29-22(32)16-10-12-24(26,27)13-11-16)14-20(30-31)15-6-8-17(9-7-15)28-23(33)18-4-2-3-5-19(18)25/h2-9,14,16H,10-13H2,1H3,(H,28,33)(H,29,32). The van der Waals surface area contributed by atoms with Gasteiger partial charge < -0.3 is 10.6 Å². The highest BCUT2D eigenvalue weighted by Gasteiger charge is 2.37. The fourth-order valence-corrected chi connectivity index (χ4v) is 4.05. The highest BCUT2D eigenvalue weighted by molar-refractivity contribution is 6.34. The first kappa shape index (κ1) is 22.9. The molecule has 1 aliphatic carbocycles. The van der Waals surface area contributed by atoms with Crippen LogP contribution in [0.5, 0.6) is 0 Å². The summed E-state index contributed by atoms with van der Waals surface area (Å²) in [6, 6.07) is 15.6. The number of benzene rings is 2. The van der Waals surface area contributed by atoms with Crippen LogP contribution < -0.4 is 10.6 Å². The maximum absolute atomic E-state index is 13.4. The molecule has 3 aromatic rings. The smallest absolute Gasteiger partial charge is 0.257 e. The van der Waals surface area contributed by atoms with Gasteiger partial charge in [-0.15, -0.1) is 0 Å². The molecular weight excluding hydrogens is 450 g/mol. The van der Waals surface area contributed by atoms with Crippen LogP contribution in [-0.2, 0) is 11.8 Å². The normalized spacial score (nSPS) is 15.8. The largest absolute Gasteiger partial charge is 0.322 e. The fourth-order valence-electron chi connectivity index (χ4n) is 3.82. The summed E-state index contributed by atoms with van der Waals surface area (Å²) in [6.45, 7) is 0. The first-order chi connectivity index (χ1) is 15.7. The predicted molar refractivity (Wildman–Crippen MR) is 124 cm³/mol. The second kappa shape index (κ2) is 9.31. The minimum atomic E-state index is -2.67. The number of aryl methyl sites for hydroxylation is 1. The molecule has 1 saturated carbocycles. The highest BCUT2D eigenvalue weighted by Crippen LogP contribution is 2.36. The number of hydrogen-bond donors (Lipinski definition) is 2. The van der Waals surface area contributed by atoms with Crippen LogP contribution in [-0.4, -0.2) is 27.5 Å². The molecule has 1 aliphatic rings. The molecular formula is C24H23ClF2N4O2. The van der Waals surface area contributed by atoms with Crippen molar-refractivity contribution in [3.63, 3.8) is 0 Å². The predicted octanol–water partition coefficient (Wildman–Crippen LogP) is 5.76. The van der Waals surface area contributed by atoms with Crippen molar-refractivity contribution in [2.75, 3.05) is 10.6 Å². The maximum atomic E-state index is 13.4. The highest BCUT2D eigenvalue weighted by atomic mass is 35.5. The van der Waals surface area contributed by atoms with Gasteiger partial charge in [-0.2, -0.15) is 5.10 Å². The van der Waals surface area contributed by atoms with E-state index in [0.29, 0.717) is 27.8 Å². The molecule has 0 radical (unpaired) electrons. The molecule has 0 spiro atoms. The van der Waals surface area contributed by atoms with E-state index < -0.39 is 11.8 Å². The van der Waals surface area contributed by atoms with Crippen LogP contribution in [0.3, 0.4) is 0 Å². The first-order valence-corrected chi connectivity index (χ1v) is 11.0. The number of anilines is 2. The summed E-state index contributed by atoms with van der Waals surface area (Å²) in [5.41, 5.74) is 2.41. The Hall–Kier alpha value is -3.26. The number of carbonyl (C=O) groups is 2. The van der Waals surface area contributed by atoms with Crippen LogP contribution in [0.1, 0.15) is 36.0 Å². The zero-order chi connectivity index (χ0) is 23.6. The summed E-state index contributed by atoms with van der Waals surface area (Å²) in [4.78, 5) is 24.9. The second-order valence-electron chi connectivity index (χ2n) is 8.17. The van der Waals surface area contributed by atoms with Gasteiger partial charge in [0.05, 0.1) is 16.3 Å². The van der Waals surface area contributed by atoms with Gasteiger partial charge in [0.25, 0.3) is 5.91 Å². The number of amides is 2. The number of halogens is 3. The zero-order valence-corrected chi connectivity index (χ0v) is 18.7. The molecule has 0 saturated heterocycles. The molecule has 9 heteroatoms.